The molecule has 0 aliphatic carbocycles. The SMILES string of the molecule is CC1CCS(=O)(=O)N1C(C)(C)C. The van der Waals surface area contributed by atoms with E-state index in [2.05, 4.69) is 0 Å². The molecule has 0 spiro atoms. The Morgan fingerprint density at radius 3 is 2.00 bits per heavy atom. The van der Waals surface area contributed by atoms with Crippen molar-refractivity contribution in [2.45, 2.75) is 45.7 Å². The van der Waals surface area contributed by atoms with E-state index >= 15 is 0 Å². The Hall–Kier alpha value is -0.0900. The summed E-state index contributed by atoms with van der Waals surface area (Å²) in [6.07, 6.45) is 0.763. The second-order valence-corrected chi connectivity index (χ2v) is 6.39. The lowest BCUT2D eigenvalue weighted by Gasteiger charge is -2.33. The molecule has 1 unspecified atom stereocenters. The van der Waals surface area contributed by atoms with Crippen LogP contribution < -0.4 is 0 Å². The minimum absolute atomic E-state index is 0.162. The van der Waals surface area contributed by atoms with Crippen molar-refractivity contribution in [3.8, 4) is 0 Å². The molecule has 0 amide bonds. The highest BCUT2D eigenvalue weighted by Crippen LogP contribution is 2.29. The van der Waals surface area contributed by atoms with Crippen LogP contribution in [-0.2, 0) is 10.0 Å². The van der Waals surface area contributed by atoms with Crippen LogP contribution >= 0.6 is 0 Å². The van der Waals surface area contributed by atoms with Crippen LogP contribution in [0, 0.1) is 0 Å². The molecule has 0 radical (unpaired) electrons. The van der Waals surface area contributed by atoms with E-state index in [1.54, 1.807) is 4.31 Å². The van der Waals surface area contributed by atoms with Gasteiger partial charge in [-0.25, -0.2) is 8.42 Å². The van der Waals surface area contributed by atoms with E-state index in [1.165, 1.54) is 0 Å². The maximum atomic E-state index is 11.5. The fourth-order valence-corrected chi connectivity index (χ4v) is 4.21. The van der Waals surface area contributed by atoms with Crippen molar-refractivity contribution in [3.63, 3.8) is 0 Å². The first-order valence-corrected chi connectivity index (χ1v) is 5.88. The molecule has 1 fully saturated rings. The van der Waals surface area contributed by atoms with Gasteiger partial charge in [0.05, 0.1) is 5.75 Å². The van der Waals surface area contributed by atoms with Crippen molar-refractivity contribution in [3.05, 3.63) is 0 Å². The Labute approximate surface area is 74.8 Å². The van der Waals surface area contributed by atoms with Gasteiger partial charge in [-0.1, -0.05) is 0 Å². The lowest BCUT2D eigenvalue weighted by molar-refractivity contribution is 0.215. The zero-order chi connectivity index (χ0) is 9.57. The van der Waals surface area contributed by atoms with Gasteiger partial charge in [-0.3, -0.25) is 0 Å². The third kappa shape index (κ3) is 1.64. The molecule has 72 valence electrons. The predicted octanol–water partition coefficient (Wildman–Crippen LogP) is 1.21. The van der Waals surface area contributed by atoms with Crippen LogP contribution in [-0.4, -0.2) is 30.1 Å². The highest BCUT2D eigenvalue weighted by molar-refractivity contribution is 7.89. The summed E-state index contributed by atoms with van der Waals surface area (Å²) in [4.78, 5) is 0. The van der Waals surface area contributed by atoms with Crippen LogP contribution in [0.15, 0.2) is 0 Å². The van der Waals surface area contributed by atoms with Crippen molar-refractivity contribution < 1.29 is 8.42 Å². The van der Waals surface area contributed by atoms with Gasteiger partial charge in [0.1, 0.15) is 0 Å². The molecule has 1 aliphatic heterocycles. The summed E-state index contributed by atoms with van der Waals surface area (Å²) in [5.41, 5.74) is -0.269. The Morgan fingerprint density at radius 2 is 1.83 bits per heavy atom. The second kappa shape index (κ2) is 2.70. The molecule has 1 saturated heterocycles. The van der Waals surface area contributed by atoms with Crippen molar-refractivity contribution in [2.75, 3.05) is 5.75 Å². The molecule has 0 aromatic heterocycles. The maximum absolute atomic E-state index is 11.5. The third-order valence-corrected chi connectivity index (χ3v) is 4.41. The van der Waals surface area contributed by atoms with Gasteiger partial charge in [-0.2, -0.15) is 4.31 Å². The Balaban J connectivity index is 3.02. The topological polar surface area (TPSA) is 37.4 Å². The highest BCUT2D eigenvalue weighted by Gasteiger charge is 2.41. The van der Waals surface area contributed by atoms with Gasteiger partial charge in [0.2, 0.25) is 10.0 Å². The number of rotatable bonds is 0. The van der Waals surface area contributed by atoms with E-state index in [0.717, 1.165) is 6.42 Å². The molecule has 0 aromatic rings. The molecule has 1 heterocycles. The second-order valence-electron chi connectivity index (χ2n) is 4.42. The summed E-state index contributed by atoms with van der Waals surface area (Å²) in [5.74, 6) is 0.311. The fraction of sp³-hybridized carbons (Fsp3) is 1.00. The van der Waals surface area contributed by atoms with Gasteiger partial charge in [0.15, 0.2) is 0 Å². The molecule has 12 heavy (non-hydrogen) atoms. The average molecular weight is 191 g/mol. The lowest BCUT2D eigenvalue weighted by atomic mass is 10.1. The van der Waals surface area contributed by atoms with Crippen LogP contribution in [0.4, 0.5) is 0 Å². The molecule has 0 saturated carbocycles. The quantitative estimate of drug-likeness (QED) is 0.577. The van der Waals surface area contributed by atoms with Crippen molar-refractivity contribution in [1.29, 1.82) is 0 Å². The third-order valence-electron chi connectivity index (χ3n) is 2.15. The van der Waals surface area contributed by atoms with E-state index in [1.807, 2.05) is 27.7 Å². The summed E-state index contributed by atoms with van der Waals surface area (Å²) in [7, 11) is -2.96. The van der Waals surface area contributed by atoms with Gasteiger partial charge >= 0.3 is 0 Å². The molecule has 0 aromatic carbocycles. The van der Waals surface area contributed by atoms with Crippen LogP contribution in [0.3, 0.4) is 0 Å². The van der Waals surface area contributed by atoms with Gasteiger partial charge in [0.25, 0.3) is 0 Å². The van der Waals surface area contributed by atoms with E-state index in [4.69, 9.17) is 0 Å². The molecule has 1 rings (SSSR count). The Bertz CT molecular complexity index is 263. The molecule has 1 aliphatic rings. The van der Waals surface area contributed by atoms with Gasteiger partial charge < -0.3 is 0 Å². The highest BCUT2D eigenvalue weighted by atomic mass is 32.2. The fourth-order valence-electron chi connectivity index (χ4n) is 1.89. The zero-order valence-corrected chi connectivity index (χ0v) is 8.98. The first kappa shape index (κ1) is 9.99. The first-order chi connectivity index (χ1) is 5.25. The molecule has 4 heteroatoms. The van der Waals surface area contributed by atoms with Crippen LogP contribution in [0.5, 0.6) is 0 Å². The predicted molar refractivity (Wildman–Crippen MR) is 49.5 cm³/mol. The van der Waals surface area contributed by atoms with Crippen LogP contribution in [0.25, 0.3) is 0 Å². The number of hydrogen-bond acceptors (Lipinski definition) is 2. The normalized spacial score (nSPS) is 30.8. The van der Waals surface area contributed by atoms with Gasteiger partial charge in [-0.05, 0) is 34.1 Å². The molecule has 1 atom stereocenters. The van der Waals surface area contributed by atoms with E-state index in [0.29, 0.717) is 5.75 Å². The molecule has 3 nitrogen and oxygen atoms in total. The number of sulfonamides is 1. The largest absolute Gasteiger partial charge is 0.214 e. The smallest absolute Gasteiger partial charge is 0.212 e. The number of hydrogen-bond donors (Lipinski definition) is 0. The zero-order valence-electron chi connectivity index (χ0n) is 8.16. The van der Waals surface area contributed by atoms with Crippen LogP contribution in [0.2, 0.25) is 0 Å². The average Bonchev–Trinajstić information content (AvgIpc) is 2.03. The lowest BCUT2D eigenvalue weighted by Crippen LogP contribution is -2.45. The van der Waals surface area contributed by atoms with Crippen molar-refractivity contribution in [2.24, 2.45) is 0 Å². The van der Waals surface area contributed by atoms with Crippen molar-refractivity contribution in [1.82, 2.24) is 4.31 Å². The van der Waals surface area contributed by atoms with E-state index in [9.17, 15) is 8.42 Å². The molecular formula is C8H17NO2S. The standard InChI is InChI=1S/C8H17NO2S/c1-7-5-6-12(10,11)9(7)8(2,3)4/h7H,5-6H2,1-4H3. The van der Waals surface area contributed by atoms with E-state index in [-0.39, 0.29) is 11.6 Å². The minimum Gasteiger partial charge on any atom is -0.212 e. The Morgan fingerprint density at radius 1 is 1.33 bits per heavy atom. The summed E-state index contributed by atoms with van der Waals surface area (Å²) >= 11 is 0. The first-order valence-electron chi connectivity index (χ1n) is 4.27. The van der Waals surface area contributed by atoms with Crippen molar-refractivity contribution >= 4 is 10.0 Å². The summed E-state index contributed by atoms with van der Waals surface area (Å²) in [6, 6.07) is 0.162. The molecule has 0 N–H and O–H groups in total. The molecular weight excluding hydrogens is 174 g/mol. The molecule has 0 bridgehead atoms. The Kier molecular flexibility index (Phi) is 2.25. The number of nitrogens with zero attached hydrogens (tertiary/aromatic N) is 1. The summed E-state index contributed by atoms with van der Waals surface area (Å²) in [5, 5.41) is 0. The summed E-state index contributed by atoms with van der Waals surface area (Å²) in [6.45, 7) is 7.78. The monoisotopic (exact) mass is 191 g/mol. The van der Waals surface area contributed by atoms with Crippen LogP contribution in [0.1, 0.15) is 34.1 Å². The van der Waals surface area contributed by atoms with E-state index < -0.39 is 10.0 Å². The summed E-state index contributed by atoms with van der Waals surface area (Å²) < 4.78 is 24.7. The maximum Gasteiger partial charge on any atom is 0.214 e. The van der Waals surface area contributed by atoms with Gasteiger partial charge in [-0.15, -0.1) is 0 Å². The van der Waals surface area contributed by atoms with Gasteiger partial charge in [0, 0.05) is 11.6 Å². The minimum atomic E-state index is -2.96.